The summed E-state index contributed by atoms with van der Waals surface area (Å²) in [6.07, 6.45) is -3.86. The van der Waals surface area contributed by atoms with Crippen molar-refractivity contribution in [2.75, 3.05) is 12.3 Å². The lowest BCUT2D eigenvalue weighted by molar-refractivity contribution is -0.157. The van der Waals surface area contributed by atoms with Crippen LogP contribution in [0, 0.1) is 0 Å². The molecule has 2 heterocycles. The Labute approximate surface area is 141 Å². The molecular weight excluding hydrogens is 336 g/mol. The lowest BCUT2D eigenvalue weighted by Crippen LogP contribution is -2.43. The fourth-order valence-corrected chi connectivity index (χ4v) is 2.69. The average molecular weight is 353 g/mol. The maximum atomic E-state index is 14.8. The number of hydrogen-bond acceptors (Lipinski definition) is 6. The lowest BCUT2D eigenvalue weighted by Gasteiger charge is -2.24. The van der Waals surface area contributed by atoms with Crippen LogP contribution in [-0.2, 0) is 16.1 Å². The van der Waals surface area contributed by atoms with Crippen molar-refractivity contribution in [1.29, 1.82) is 0 Å². The highest BCUT2D eigenvalue weighted by molar-refractivity contribution is 5.23. The monoisotopic (exact) mass is 353 g/mol. The first-order valence-electron chi connectivity index (χ1n) is 7.58. The average Bonchev–Trinajstić information content (AvgIpc) is 2.84. The first-order valence-corrected chi connectivity index (χ1v) is 7.58. The molecular formula is C16H17F2N3O4. The highest BCUT2D eigenvalue weighted by Crippen LogP contribution is 2.44. The van der Waals surface area contributed by atoms with Crippen LogP contribution in [0.15, 0.2) is 47.4 Å². The van der Waals surface area contributed by atoms with Crippen LogP contribution < -0.4 is 11.4 Å². The van der Waals surface area contributed by atoms with Gasteiger partial charge in [-0.3, -0.25) is 4.57 Å². The molecule has 134 valence electrons. The largest absolute Gasteiger partial charge is 0.394 e. The molecule has 0 spiro atoms. The van der Waals surface area contributed by atoms with E-state index in [4.69, 9.17) is 15.2 Å². The molecule has 3 rings (SSSR count). The van der Waals surface area contributed by atoms with Gasteiger partial charge in [-0.2, -0.15) is 13.8 Å². The van der Waals surface area contributed by atoms with Crippen LogP contribution in [-0.4, -0.2) is 39.4 Å². The number of benzene rings is 1. The van der Waals surface area contributed by atoms with Crippen LogP contribution >= 0.6 is 0 Å². The van der Waals surface area contributed by atoms with Crippen molar-refractivity contribution in [3.63, 3.8) is 0 Å². The van der Waals surface area contributed by atoms with Gasteiger partial charge in [0, 0.05) is 6.20 Å². The third-order valence-electron chi connectivity index (χ3n) is 3.91. The fourth-order valence-electron chi connectivity index (χ4n) is 2.69. The Morgan fingerprint density at radius 1 is 1.32 bits per heavy atom. The Morgan fingerprint density at radius 3 is 2.68 bits per heavy atom. The van der Waals surface area contributed by atoms with Gasteiger partial charge in [0.05, 0.1) is 13.2 Å². The zero-order chi connectivity index (χ0) is 18.0. The van der Waals surface area contributed by atoms with E-state index < -0.39 is 36.7 Å². The van der Waals surface area contributed by atoms with E-state index in [9.17, 15) is 18.7 Å². The molecule has 0 aliphatic carbocycles. The molecule has 9 heteroatoms. The third kappa shape index (κ3) is 3.39. The number of aliphatic hydroxyl groups excluding tert-OH is 1. The topological polar surface area (TPSA) is 99.6 Å². The number of nitrogens with zero attached hydrogens (tertiary/aromatic N) is 2. The van der Waals surface area contributed by atoms with E-state index in [2.05, 4.69) is 4.98 Å². The SMILES string of the molecule is Nc1ccn([C@@H]2O[C@H](CO)[C@@H](OCc3ccccc3)C2(F)F)c(=O)n1. The predicted molar refractivity (Wildman–Crippen MR) is 83.9 cm³/mol. The molecule has 3 atom stereocenters. The van der Waals surface area contributed by atoms with Crippen molar-refractivity contribution in [2.45, 2.75) is 31.0 Å². The molecule has 0 amide bonds. The van der Waals surface area contributed by atoms with Gasteiger partial charge in [0.25, 0.3) is 0 Å². The number of aromatic nitrogens is 2. The summed E-state index contributed by atoms with van der Waals surface area (Å²) in [5.74, 6) is -3.64. The van der Waals surface area contributed by atoms with E-state index in [0.29, 0.717) is 10.1 Å². The van der Waals surface area contributed by atoms with Gasteiger partial charge in [-0.15, -0.1) is 0 Å². The molecule has 25 heavy (non-hydrogen) atoms. The van der Waals surface area contributed by atoms with Crippen molar-refractivity contribution < 1.29 is 23.4 Å². The molecule has 7 nitrogen and oxygen atoms in total. The number of nitrogen functional groups attached to an aromatic ring is 1. The molecule has 1 aliphatic rings. The van der Waals surface area contributed by atoms with Gasteiger partial charge in [-0.1, -0.05) is 30.3 Å². The zero-order valence-corrected chi connectivity index (χ0v) is 13.1. The van der Waals surface area contributed by atoms with Gasteiger partial charge >= 0.3 is 11.6 Å². The number of rotatable bonds is 5. The quantitative estimate of drug-likeness (QED) is 0.830. The van der Waals surface area contributed by atoms with Crippen LogP contribution in [0.1, 0.15) is 11.8 Å². The van der Waals surface area contributed by atoms with Crippen LogP contribution in [0.2, 0.25) is 0 Å². The molecule has 1 fully saturated rings. The minimum Gasteiger partial charge on any atom is -0.394 e. The molecule has 1 aromatic carbocycles. The first kappa shape index (κ1) is 17.5. The van der Waals surface area contributed by atoms with Crippen LogP contribution in [0.25, 0.3) is 0 Å². The van der Waals surface area contributed by atoms with Crippen molar-refractivity contribution in [2.24, 2.45) is 0 Å². The number of aliphatic hydroxyl groups is 1. The van der Waals surface area contributed by atoms with Crippen molar-refractivity contribution in [3.05, 3.63) is 58.6 Å². The predicted octanol–water partition coefficient (Wildman–Crippen LogP) is 0.936. The smallest absolute Gasteiger partial charge is 0.351 e. The van der Waals surface area contributed by atoms with E-state index >= 15 is 0 Å². The van der Waals surface area contributed by atoms with Gasteiger partial charge in [-0.25, -0.2) is 4.79 Å². The molecule has 0 saturated carbocycles. The number of ether oxygens (including phenoxy) is 2. The summed E-state index contributed by atoms with van der Waals surface area (Å²) in [6, 6.07) is 9.99. The standard InChI is InChI=1S/C16H17F2N3O4/c17-16(18)13(24-9-10-4-2-1-3-5-10)11(8-22)25-14(16)21-7-6-12(19)20-15(21)23/h1-7,11,13-14,22H,8-9H2,(H2,19,20,23)/t11-,13-,14-/m1/s1. The maximum absolute atomic E-state index is 14.8. The Kier molecular flexibility index (Phi) is 4.80. The second kappa shape index (κ2) is 6.87. The van der Waals surface area contributed by atoms with Gasteiger partial charge in [0.1, 0.15) is 11.9 Å². The second-order valence-corrected chi connectivity index (χ2v) is 5.64. The van der Waals surface area contributed by atoms with Crippen LogP contribution in [0.3, 0.4) is 0 Å². The molecule has 2 aromatic rings. The van der Waals surface area contributed by atoms with Gasteiger partial charge < -0.3 is 20.3 Å². The third-order valence-corrected chi connectivity index (χ3v) is 3.91. The summed E-state index contributed by atoms with van der Waals surface area (Å²) in [4.78, 5) is 15.3. The summed E-state index contributed by atoms with van der Waals surface area (Å²) in [5.41, 5.74) is 5.10. The Balaban J connectivity index is 1.84. The van der Waals surface area contributed by atoms with Crippen molar-refractivity contribution in [1.82, 2.24) is 9.55 Å². The van der Waals surface area contributed by atoms with E-state index in [1.54, 1.807) is 30.3 Å². The molecule has 3 N–H and O–H groups in total. The molecule has 1 aliphatic heterocycles. The summed E-state index contributed by atoms with van der Waals surface area (Å²) >= 11 is 0. The highest BCUT2D eigenvalue weighted by Gasteiger charge is 2.60. The van der Waals surface area contributed by atoms with Gasteiger partial charge in [0.2, 0.25) is 6.23 Å². The maximum Gasteiger partial charge on any atom is 0.351 e. The van der Waals surface area contributed by atoms with E-state index in [1.807, 2.05) is 0 Å². The number of halogens is 2. The Bertz CT molecular complexity index is 784. The molecule has 0 bridgehead atoms. The van der Waals surface area contributed by atoms with Gasteiger partial charge in [-0.05, 0) is 11.6 Å². The number of hydrogen-bond donors (Lipinski definition) is 2. The number of nitrogens with two attached hydrogens (primary N) is 1. The summed E-state index contributed by atoms with van der Waals surface area (Å²) < 4.78 is 40.8. The lowest BCUT2D eigenvalue weighted by atomic mass is 10.1. The van der Waals surface area contributed by atoms with E-state index in [-0.39, 0.29) is 12.4 Å². The second-order valence-electron chi connectivity index (χ2n) is 5.64. The number of alkyl halides is 2. The fraction of sp³-hybridized carbons (Fsp3) is 0.375. The van der Waals surface area contributed by atoms with Gasteiger partial charge in [0.15, 0.2) is 6.10 Å². The minimum atomic E-state index is -3.55. The summed E-state index contributed by atoms with van der Waals surface area (Å²) in [6.45, 7) is -0.759. The first-order chi connectivity index (χ1) is 11.9. The molecule has 1 aromatic heterocycles. The van der Waals surface area contributed by atoms with Crippen LogP contribution in [0.5, 0.6) is 0 Å². The Hall–Kier alpha value is -2.36. The zero-order valence-electron chi connectivity index (χ0n) is 13.1. The van der Waals surface area contributed by atoms with Crippen molar-refractivity contribution >= 4 is 5.82 Å². The molecule has 0 radical (unpaired) electrons. The minimum absolute atomic E-state index is 0.0808. The van der Waals surface area contributed by atoms with Crippen LogP contribution in [0.4, 0.5) is 14.6 Å². The summed E-state index contributed by atoms with van der Waals surface area (Å²) in [7, 11) is 0. The molecule has 1 saturated heterocycles. The van der Waals surface area contributed by atoms with E-state index in [1.165, 1.54) is 6.07 Å². The van der Waals surface area contributed by atoms with E-state index in [0.717, 1.165) is 6.20 Å². The van der Waals surface area contributed by atoms with Crippen molar-refractivity contribution in [3.8, 4) is 0 Å². The summed E-state index contributed by atoms with van der Waals surface area (Å²) in [5, 5.41) is 9.38. The molecule has 0 unspecified atom stereocenters. The highest BCUT2D eigenvalue weighted by atomic mass is 19.3. The number of anilines is 1. The normalized spacial score (nSPS) is 25.2. The Morgan fingerprint density at radius 2 is 2.04 bits per heavy atom.